The number of pyridine rings is 1. The molecular weight excluding hydrogens is 1070 g/mol. The number of carbonyl (C=O) groups excluding carboxylic acids is 3. The van der Waals surface area contributed by atoms with Crippen LogP contribution in [-0.2, 0) is 35.1 Å². The van der Waals surface area contributed by atoms with Gasteiger partial charge >= 0.3 is 0 Å². The first-order chi connectivity index (χ1) is 38.1. The molecule has 9 rings (SSSR count). The summed E-state index contributed by atoms with van der Waals surface area (Å²) in [6.45, 7) is 7.03. The van der Waals surface area contributed by atoms with Gasteiger partial charge in [-0.15, -0.1) is 11.3 Å². The highest BCUT2D eigenvalue weighted by Gasteiger charge is 2.43. The van der Waals surface area contributed by atoms with E-state index in [4.69, 9.17) is 23.5 Å². The van der Waals surface area contributed by atoms with Gasteiger partial charge in [0.2, 0.25) is 17.6 Å². The van der Waals surface area contributed by atoms with Crippen LogP contribution in [0.4, 0.5) is 18.9 Å². The number of halogens is 3. The van der Waals surface area contributed by atoms with Crippen molar-refractivity contribution in [1.29, 1.82) is 0 Å². The number of amides is 2. The fourth-order valence-corrected chi connectivity index (χ4v) is 11.1. The number of nitrogens with zero attached hydrogens (tertiary/aromatic N) is 6. The highest BCUT2D eigenvalue weighted by atomic mass is 32.2. The lowest BCUT2D eigenvalue weighted by Crippen LogP contribution is -2.48. The molecule has 2 fully saturated rings. The Morgan fingerprint density at radius 2 is 1.65 bits per heavy atom. The molecule has 6 heterocycles. The molecule has 4 aromatic heterocycles. The van der Waals surface area contributed by atoms with E-state index < -0.39 is 64.2 Å². The number of alkyl halides is 1. The van der Waals surface area contributed by atoms with Crippen LogP contribution < -0.4 is 14.5 Å². The van der Waals surface area contributed by atoms with Crippen LogP contribution >= 0.6 is 11.3 Å². The molecule has 6 atom stereocenters. The van der Waals surface area contributed by atoms with Gasteiger partial charge < -0.3 is 48.3 Å². The minimum atomic E-state index is -3.09. The number of H-pyrrole nitrogens is 1. The molecule has 7 aromatic rings. The van der Waals surface area contributed by atoms with Gasteiger partial charge in [-0.05, 0) is 80.6 Å². The van der Waals surface area contributed by atoms with Crippen molar-refractivity contribution < 1.29 is 64.9 Å². The highest BCUT2D eigenvalue weighted by Crippen LogP contribution is 2.35. The van der Waals surface area contributed by atoms with Gasteiger partial charge in [0.25, 0.3) is 0 Å². The predicted molar refractivity (Wildman–Crippen MR) is 285 cm³/mol. The Morgan fingerprint density at radius 3 is 2.30 bits per heavy atom. The average molecular weight is 1130 g/mol. The number of likely N-dealkylation sites (tertiary alicyclic amines) is 1. The first-order valence-corrected chi connectivity index (χ1v) is 27.5. The van der Waals surface area contributed by atoms with E-state index in [-0.39, 0.29) is 106 Å². The molecule has 1 unspecified atom stereocenters. The first kappa shape index (κ1) is 56.8. The van der Waals surface area contributed by atoms with Crippen LogP contribution in [0, 0.1) is 25.5 Å². The number of ether oxygens (including phenoxy) is 4. The number of hydrogen-bond donors (Lipinski definition) is 3. The number of β-amino-alcohol motifs (C(OH)–C–C–N with tert-alkyl or cyclic N) is 1. The van der Waals surface area contributed by atoms with E-state index in [0.29, 0.717) is 46.0 Å². The lowest BCUT2D eigenvalue weighted by molar-refractivity contribution is -0.140. The SMILES string of the molecule is Cc1cc([C@H](CCOCCOCCOCCOc2ccc(-c3cnc4[nH]cc(C(=O)c5c(F)ccc(N(N6CC[C@@H](F)C6)S(=O)[O-])c5F)c4c3)cc2)C(=O)N2C[C@H](O)C[C@H]2C(=O)N[C@@H](C)c2ccc(-c3scnc3C)cc2)on1. The second-order valence-electron chi connectivity index (χ2n) is 19.1. The number of carbonyl (C=O) groups is 3. The zero-order valence-electron chi connectivity index (χ0n) is 43.4. The number of rotatable bonds is 25. The van der Waals surface area contributed by atoms with Crippen LogP contribution in [0.3, 0.4) is 0 Å². The third-order valence-corrected chi connectivity index (χ3v) is 15.4. The van der Waals surface area contributed by atoms with Crippen LogP contribution in [0.2, 0.25) is 0 Å². The van der Waals surface area contributed by atoms with Crippen molar-refractivity contribution >= 4 is 56.9 Å². The highest BCUT2D eigenvalue weighted by molar-refractivity contribution is 7.80. The zero-order valence-corrected chi connectivity index (χ0v) is 45.0. The molecule has 0 aliphatic carbocycles. The summed E-state index contributed by atoms with van der Waals surface area (Å²) >= 11 is -1.53. The van der Waals surface area contributed by atoms with Crippen LogP contribution in [-0.4, -0.2) is 146 Å². The maximum absolute atomic E-state index is 16.0. The third kappa shape index (κ3) is 13.4. The normalized spacial score (nSPS) is 17.8. The number of hydrazine groups is 1. The summed E-state index contributed by atoms with van der Waals surface area (Å²) < 4.78 is 98.5. The molecule has 3 N–H and O–H groups in total. The van der Waals surface area contributed by atoms with E-state index in [2.05, 4.69) is 25.4 Å². The first-order valence-electron chi connectivity index (χ1n) is 25.6. The Bertz CT molecular complexity index is 3270. The molecular formula is C55H58F3N8O11S2-. The zero-order chi connectivity index (χ0) is 55.7. The fraction of sp³-hybridized carbons (Fsp3) is 0.382. The molecule has 79 heavy (non-hydrogen) atoms. The number of hydrogen-bond acceptors (Lipinski definition) is 16. The van der Waals surface area contributed by atoms with Crippen molar-refractivity contribution in [1.82, 2.24) is 35.3 Å². The molecule has 19 nitrogen and oxygen atoms in total. The van der Waals surface area contributed by atoms with Crippen molar-refractivity contribution in [3.8, 4) is 27.3 Å². The molecule has 2 aliphatic heterocycles. The Morgan fingerprint density at radius 1 is 0.937 bits per heavy atom. The number of aliphatic hydroxyl groups excluding tert-OH is 1. The van der Waals surface area contributed by atoms with Crippen molar-refractivity contribution in [2.45, 2.75) is 70.3 Å². The van der Waals surface area contributed by atoms with Gasteiger partial charge in [-0.1, -0.05) is 41.6 Å². The molecule has 0 bridgehead atoms. The average Bonchev–Trinajstić information content (AvgIpc) is 4.34. The molecule has 418 valence electrons. The Hall–Kier alpha value is -6.90. The number of aliphatic hydroxyl groups is 1. The monoisotopic (exact) mass is 1130 g/mol. The number of ketones is 1. The molecule has 0 spiro atoms. The molecule has 24 heteroatoms. The van der Waals surface area contributed by atoms with Crippen molar-refractivity contribution in [2.24, 2.45) is 0 Å². The number of thiazole rings is 1. The molecule has 2 amide bonds. The smallest absolute Gasteiger partial charge is 0.243 e. The standard InChI is InChI=1S/C55H59F3N8O11S2/c1-32-24-48(77-63-32)42(55(70)65-30-40(67)26-47(65)54(69)62-33(2)35-4-6-37(7-5-35)52-34(3)61-31-78-52)15-17-73-18-19-74-20-21-75-22-23-76-41-10-8-36(9-11-41)38-25-43-44(28-60-53(43)59-27-38)51(68)49-45(57)12-13-46(50(49)58)66(79(71)72)64-16-14-39(56)29-64/h4-13,24-25,27-28,31,33,39-40,42,47,67H,14-23,26,29-30H2,1-3H3,(H,59,60)(H,62,69)(H,71,72)/p-1/t33-,39+,40+,42-,47-/m0/s1. The molecule has 0 saturated carbocycles. The lowest BCUT2D eigenvalue weighted by Gasteiger charge is -2.34. The number of aryl methyl sites for hydroxylation is 2. The summed E-state index contributed by atoms with van der Waals surface area (Å²) in [5.41, 5.74) is 5.16. The van der Waals surface area contributed by atoms with E-state index in [1.54, 1.807) is 60.9 Å². The van der Waals surface area contributed by atoms with Gasteiger partial charge in [-0.3, -0.25) is 18.6 Å². The number of aromatic nitrogens is 4. The fourth-order valence-electron chi connectivity index (χ4n) is 9.61. The van der Waals surface area contributed by atoms with Gasteiger partial charge in [0.1, 0.15) is 53.4 Å². The van der Waals surface area contributed by atoms with Crippen LogP contribution in [0.5, 0.6) is 5.75 Å². The number of nitrogens with one attached hydrogen (secondary N) is 2. The molecule has 0 radical (unpaired) electrons. The predicted octanol–water partition coefficient (Wildman–Crippen LogP) is 7.47. The van der Waals surface area contributed by atoms with E-state index in [9.17, 15) is 32.6 Å². The molecule has 3 aromatic carbocycles. The minimum absolute atomic E-state index is 0.00439. The summed E-state index contributed by atoms with van der Waals surface area (Å²) in [7, 11) is 0. The van der Waals surface area contributed by atoms with E-state index in [0.717, 1.165) is 38.8 Å². The quantitative estimate of drug-likeness (QED) is 0.0286. The van der Waals surface area contributed by atoms with Gasteiger partial charge in [0, 0.05) is 61.1 Å². The van der Waals surface area contributed by atoms with E-state index in [1.165, 1.54) is 11.1 Å². The van der Waals surface area contributed by atoms with E-state index in [1.807, 2.05) is 43.6 Å². The van der Waals surface area contributed by atoms with Crippen molar-refractivity contribution in [3.05, 3.63) is 136 Å². The van der Waals surface area contributed by atoms with Gasteiger partial charge in [-0.2, -0.15) is 0 Å². The Balaban J connectivity index is 0.691. The summed E-state index contributed by atoms with van der Waals surface area (Å²) in [5.74, 6) is -4.31. The number of anilines is 1. The van der Waals surface area contributed by atoms with Crippen molar-refractivity contribution in [3.63, 3.8) is 0 Å². The Labute approximate surface area is 459 Å². The van der Waals surface area contributed by atoms with Gasteiger partial charge in [-0.25, -0.2) is 32.6 Å². The Kier molecular flexibility index (Phi) is 18.6. The van der Waals surface area contributed by atoms with Crippen LogP contribution in [0.15, 0.2) is 95.2 Å². The van der Waals surface area contributed by atoms with Crippen molar-refractivity contribution in [2.75, 3.05) is 70.3 Å². The summed E-state index contributed by atoms with van der Waals surface area (Å²) in [5, 5.41) is 19.1. The number of aromatic amines is 1. The van der Waals surface area contributed by atoms with Crippen LogP contribution in [0.25, 0.3) is 32.6 Å². The maximum Gasteiger partial charge on any atom is 0.243 e. The summed E-state index contributed by atoms with van der Waals surface area (Å²) in [6, 6.07) is 18.7. The topological polar surface area (TPSA) is 238 Å². The van der Waals surface area contributed by atoms with Crippen LogP contribution in [0.1, 0.15) is 76.8 Å². The van der Waals surface area contributed by atoms with Gasteiger partial charge in [0.15, 0.2) is 5.82 Å². The molecule has 2 saturated heterocycles. The maximum atomic E-state index is 16.0. The van der Waals surface area contributed by atoms with E-state index >= 15 is 8.78 Å². The minimum Gasteiger partial charge on any atom is -0.754 e. The molecule has 2 aliphatic rings. The summed E-state index contributed by atoms with van der Waals surface area (Å²) in [4.78, 5) is 55.7. The number of fused-ring (bicyclic) bond motifs is 1. The third-order valence-electron chi connectivity index (χ3n) is 13.7. The largest absolute Gasteiger partial charge is 0.754 e. The van der Waals surface area contributed by atoms with Gasteiger partial charge in [0.05, 0.1) is 90.3 Å². The summed E-state index contributed by atoms with van der Waals surface area (Å²) in [6.07, 6.45) is 0.980. The number of benzene rings is 3. The second kappa shape index (κ2) is 25.9. The lowest BCUT2D eigenvalue weighted by atomic mass is 9.99. The second-order valence-corrected chi connectivity index (χ2v) is 20.8.